The third kappa shape index (κ3) is 4.69. The van der Waals surface area contributed by atoms with Crippen LogP contribution < -0.4 is 10.1 Å². The minimum Gasteiger partial charge on any atom is -0.488 e. The zero-order valence-corrected chi connectivity index (χ0v) is 12.4. The highest BCUT2D eigenvalue weighted by Gasteiger charge is 2.01. The largest absolute Gasteiger partial charge is 0.488 e. The van der Waals surface area contributed by atoms with Gasteiger partial charge in [0, 0.05) is 10.9 Å². The van der Waals surface area contributed by atoms with Crippen LogP contribution in [0.1, 0.15) is 23.8 Å². The molecule has 0 saturated carbocycles. The highest BCUT2D eigenvalue weighted by atomic mass is 32.1. The summed E-state index contributed by atoms with van der Waals surface area (Å²) in [6.07, 6.45) is 2.26. The monoisotopic (exact) mass is 275 g/mol. The van der Waals surface area contributed by atoms with Gasteiger partial charge >= 0.3 is 0 Å². The fraction of sp³-hybridized carbons (Fsp3) is 0.375. The topological polar surface area (TPSA) is 21.3 Å². The molecule has 3 heteroatoms. The number of nitrogens with one attached hydrogen (secondary N) is 1. The zero-order valence-electron chi connectivity index (χ0n) is 11.6. The second-order valence-electron chi connectivity index (χ2n) is 4.74. The molecule has 0 bridgehead atoms. The number of rotatable bonds is 7. The molecule has 0 radical (unpaired) electrons. The molecule has 2 rings (SSSR count). The Bertz CT molecular complexity index is 464. The van der Waals surface area contributed by atoms with Crippen LogP contribution in [0, 0.1) is 0 Å². The Morgan fingerprint density at radius 3 is 2.63 bits per heavy atom. The van der Waals surface area contributed by atoms with Gasteiger partial charge in [-0.2, -0.15) is 0 Å². The van der Waals surface area contributed by atoms with Crippen LogP contribution in [-0.2, 0) is 13.0 Å². The maximum Gasteiger partial charge on any atom is 0.122 e. The van der Waals surface area contributed by atoms with Gasteiger partial charge in [0.05, 0.1) is 0 Å². The van der Waals surface area contributed by atoms with Crippen LogP contribution in [0.3, 0.4) is 0 Å². The van der Waals surface area contributed by atoms with Gasteiger partial charge in [0.15, 0.2) is 0 Å². The predicted octanol–water partition coefficient (Wildman–Crippen LogP) is 3.87. The molecule has 1 unspecified atom stereocenters. The van der Waals surface area contributed by atoms with E-state index in [0.29, 0.717) is 12.6 Å². The van der Waals surface area contributed by atoms with Crippen molar-refractivity contribution in [2.24, 2.45) is 0 Å². The first-order valence-corrected chi connectivity index (χ1v) is 7.57. The molecule has 0 aliphatic heterocycles. The van der Waals surface area contributed by atoms with E-state index in [0.717, 1.165) is 18.6 Å². The number of benzene rings is 1. The Morgan fingerprint density at radius 1 is 1.21 bits per heavy atom. The van der Waals surface area contributed by atoms with E-state index < -0.39 is 0 Å². The molecule has 19 heavy (non-hydrogen) atoms. The van der Waals surface area contributed by atoms with Crippen molar-refractivity contribution in [3.63, 3.8) is 0 Å². The number of hydrogen-bond acceptors (Lipinski definition) is 3. The third-order valence-corrected chi connectivity index (χ3v) is 4.09. The first-order valence-electron chi connectivity index (χ1n) is 6.69. The fourth-order valence-electron chi connectivity index (χ4n) is 1.83. The first kappa shape index (κ1) is 14.1. The van der Waals surface area contributed by atoms with Gasteiger partial charge in [-0.15, -0.1) is 11.3 Å². The summed E-state index contributed by atoms with van der Waals surface area (Å²) in [5.41, 5.74) is 1.37. The Morgan fingerprint density at radius 2 is 2.00 bits per heavy atom. The molecule has 2 aromatic rings. The number of aryl methyl sites for hydroxylation is 1. The van der Waals surface area contributed by atoms with Crippen molar-refractivity contribution in [3.8, 4) is 5.75 Å². The molecular weight excluding hydrogens is 254 g/mol. The molecule has 1 atom stereocenters. The van der Waals surface area contributed by atoms with Gasteiger partial charge in [-0.05, 0) is 56.0 Å². The average molecular weight is 275 g/mol. The standard InChI is InChI=1S/C16H21NOS/c1-13(17-2)5-6-14-7-9-15(10-8-14)18-12-16-4-3-11-19-16/h3-4,7-11,13,17H,5-6,12H2,1-2H3. The van der Waals surface area contributed by atoms with Crippen molar-refractivity contribution >= 4 is 11.3 Å². The molecule has 1 N–H and O–H groups in total. The van der Waals surface area contributed by atoms with Crippen LogP contribution >= 0.6 is 11.3 Å². The van der Waals surface area contributed by atoms with Crippen molar-refractivity contribution in [1.82, 2.24) is 5.32 Å². The Hall–Kier alpha value is -1.32. The van der Waals surface area contributed by atoms with E-state index in [9.17, 15) is 0 Å². The van der Waals surface area contributed by atoms with Crippen molar-refractivity contribution in [3.05, 3.63) is 52.2 Å². The summed E-state index contributed by atoms with van der Waals surface area (Å²) in [6.45, 7) is 2.87. The molecule has 1 aromatic carbocycles. The fourth-order valence-corrected chi connectivity index (χ4v) is 2.45. The highest BCUT2D eigenvalue weighted by Crippen LogP contribution is 2.17. The predicted molar refractivity (Wildman–Crippen MR) is 81.9 cm³/mol. The van der Waals surface area contributed by atoms with Crippen LogP contribution in [-0.4, -0.2) is 13.1 Å². The molecule has 0 aliphatic rings. The Labute approximate surface area is 119 Å². The van der Waals surface area contributed by atoms with E-state index in [4.69, 9.17) is 4.74 Å². The van der Waals surface area contributed by atoms with E-state index in [-0.39, 0.29) is 0 Å². The molecule has 2 nitrogen and oxygen atoms in total. The van der Waals surface area contributed by atoms with E-state index >= 15 is 0 Å². The van der Waals surface area contributed by atoms with Crippen molar-refractivity contribution < 1.29 is 4.74 Å². The lowest BCUT2D eigenvalue weighted by Crippen LogP contribution is -2.21. The molecule has 102 valence electrons. The molecule has 0 fully saturated rings. The molecule has 1 aromatic heterocycles. The molecular formula is C16H21NOS. The summed E-state index contributed by atoms with van der Waals surface area (Å²) < 4.78 is 5.75. The number of hydrogen-bond donors (Lipinski definition) is 1. The summed E-state index contributed by atoms with van der Waals surface area (Å²) in [4.78, 5) is 1.26. The van der Waals surface area contributed by atoms with Gasteiger partial charge in [-0.25, -0.2) is 0 Å². The Kier molecular flexibility index (Phi) is 5.43. The van der Waals surface area contributed by atoms with Gasteiger partial charge in [0.25, 0.3) is 0 Å². The van der Waals surface area contributed by atoms with Gasteiger partial charge in [-0.3, -0.25) is 0 Å². The van der Waals surface area contributed by atoms with E-state index in [2.05, 4.69) is 54.0 Å². The van der Waals surface area contributed by atoms with Crippen LogP contribution in [0.4, 0.5) is 0 Å². The number of thiophene rings is 1. The summed E-state index contributed by atoms with van der Waals surface area (Å²) in [7, 11) is 2.01. The molecule has 0 amide bonds. The Balaban J connectivity index is 1.81. The first-order chi connectivity index (χ1) is 9.28. The van der Waals surface area contributed by atoms with Crippen LogP contribution in [0.15, 0.2) is 41.8 Å². The summed E-state index contributed by atoms with van der Waals surface area (Å²) in [5, 5.41) is 5.33. The molecule has 0 saturated heterocycles. The second-order valence-corrected chi connectivity index (χ2v) is 5.77. The molecule has 0 aliphatic carbocycles. The van der Waals surface area contributed by atoms with Crippen molar-refractivity contribution in [2.75, 3.05) is 7.05 Å². The lowest BCUT2D eigenvalue weighted by atomic mass is 10.1. The zero-order chi connectivity index (χ0) is 13.5. The van der Waals surface area contributed by atoms with Crippen LogP contribution in [0.5, 0.6) is 5.75 Å². The van der Waals surface area contributed by atoms with E-state index in [1.165, 1.54) is 10.4 Å². The maximum atomic E-state index is 5.75. The lowest BCUT2D eigenvalue weighted by Gasteiger charge is -2.10. The van der Waals surface area contributed by atoms with E-state index in [1.807, 2.05) is 7.05 Å². The van der Waals surface area contributed by atoms with Gasteiger partial charge < -0.3 is 10.1 Å². The average Bonchev–Trinajstić information content (AvgIpc) is 2.97. The van der Waals surface area contributed by atoms with Gasteiger partial charge in [-0.1, -0.05) is 18.2 Å². The summed E-state index contributed by atoms with van der Waals surface area (Å²) >= 11 is 1.73. The normalized spacial score (nSPS) is 12.3. The third-order valence-electron chi connectivity index (χ3n) is 3.24. The van der Waals surface area contributed by atoms with Crippen molar-refractivity contribution in [2.45, 2.75) is 32.4 Å². The minimum absolute atomic E-state index is 0.565. The second kappa shape index (κ2) is 7.31. The smallest absolute Gasteiger partial charge is 0.122 e. The number of ether oxygens (including phenoxy) is 1. The maximum absolute atomic E-state index is 5.75. The quantitative estimate of drug-likeness (QED) is 0.828. The van der Waals surface area contributed by atoms with Crippen LogP contribution in [0.2, 0.25) is 0 Å². The summed E-state index contributed by atoms with van der Waals surface area (Å²) in [5.74, 6) is 0.943. The SMILES string of the molecule is CNC(C)CCc1ccc(OCc2cccs2)cc1. The molecule has 0 spiro atoms. The summed E-state index contributed by atoms with van der Waals surface area (Å²) in [6, 6.07) is 13.2. The van der Waals surface area contributed by atoms with Crippen molar-refractivity contribution in [1.29, 1.82) is 0 Å². The molecule has 1 heterocycles. The lowest BCUT2D eigenvalue weighted by molar-refractivity contribution is 0.309. The van der Waals surface area contributed by atoms with Crippen LogP contribution in [0.25, 0.3) is 0 Å². The van der Waals surface area contributed by atoms with E-state index in [1.54, 1.807) is 11.3 Å². The minimum atomic E-state index is 0.565. The van der Waals surface area contributed by atoms with Gasteiger partial charge in [0.2, 0.25) is 0 Å². The van der Waals surface area contributed by atoms with Gasteiger partial charge in [0.1, 0.15) is 12.4 Å². The highest BCUT2D eigenvalue weighted by molar-refractivity contribution is 7.09.